The summed E-state index contributed by atoms with van der Waals surface area (Å²) in [4.78, 5) is 14.3. The molecule has 0 spiro atoms. The fraction of sp³-hybridized carbons (Fsp3) is 0.227. The minimum absolute atomic E-state index is 0.118. The van der Waals surface area contributed by atoms with Crippen molar-refractivity contribution in [2.24, 2.45) is 0 Å². The molecule has 3 nitrogen and oxygen atoms in total. The Morgan fingerprint density at radius 1 is 0.962 bits per heavy atom. The van der Waals surface area contributed by atoms with Crippen molar-refractivity contribution in [3.05, 3.63) is 95.6 Å². The smallest absolute Gasteiger partial charge is 0.222 e. The molecule has 0 aliphatic carbocycles. The van der Waals surface area contributed by atoms with Crippen LogP contribution in [-0.4, -0.2) is 15.4 Å². The Hall–Kier alpha value is -2.88. The molecule has 4 heteroatoms. The van der Waals surface area contributed by atoms with Crippen LogP contribution in [0.1, 0.15) is 30.2 Å². The van der Waals surface area contributed by atoms with Crippen LogP contribution in [0, 0.1) is 5.82 Å². The van der Waals surface area contributed by atoms with Crippen molar-refractivity contribution >= 4 is 5.91 Å². The van der Waals surface area contributed by atoms with Crippen molar-refractivity contribution in [2.75, 3.05) is 0 Å². The van der Waals surface area contributed by atoms with Gasteiger partial charge in [-0.05, 0) is 35.4 Å². The first kappa shape index (κ1) is 17.9. The first-order valence-electron chi connectivity index (χ1n) is 8.86. The first-order valence-corrected chi connectivity index (χ1v) is 8.86. The van der Waals surface area contributed by atoms with Crippen LogP contribution < -0.4 is 0 Å². The van der Waals surface area contributed by atoms with Crippen LogP contribution in [0.4, 0.5) is 4.39 Å². The van der Waals surface area contributed by atoms with Crippen LogP contribution >= 0.6 is 0 Å². The molecule has 0 radical (unpaired) electrons. The summed E-state index contributed by atoms with van der Waals surface area (Å²) in [5, 5.41) is 0. The molecule has 1 amide bonds. The molecule has 2 aromatic carbocycles. The quantitative estimate of drug-likeness (QED) is 0.611. The van der Waals surface area contributed by atoms with E-state index < -0.39 is 0 Å². The van der Waals surface area contributed by atoms with E-state index in [1.165, 1.54) is 6.07 Å². The summed E-state index contributed by atoms with van der Waals surface area (Å²) in [6.07, 6.45) is 2.44. The lowest BCUT2D eigenvalue weighted by Crippen LogP contribution is -2.30. The predicted octanol–water partition coefficient (Wildman–Crippen LogP) is 4.61. The average Bonchev–Trinajstić information content (AvgIpc) is 3.08. The second-order valence-corrected chi connectivity index (χ2v) is 6.35. The number of aromatic nitrogens is 1. The van der Waals surface area contributed by atoms with E-state index in [0.29, 0.717) is 26.1 Å². The zero-order chi connectivity index (χ0) is 18.4. The Morgan fingerprint density at radius 2 is 1.73 bits per heavy atom. The van der Waals surface area contributed by atoms with Gasteiger partial charge in [-0.25, -0.2) is 4.39 Å². The van der Waals surface area contributed by atoms with Gasteiger partial charge in [0.1, 0.15) is 5.82 Å². The van der Waals surface area contributed by atoms with Gasteiger partial charge < -0.3 is 9.47 Å². The molecular formula is C22H23FN2O. The molecule has 0 aliphatic heterocycles. The van der Waals surface area contributed by atoms with Gasteiger partial charge in [-0.3, -0.25) is 4.79 Å². The Morgan fingerprint density at radius 3 is 2.46 bits per heavy atom. The molecule has 3 rings (SSSR count). The third-order valence-electron chi connectivity index (χ3n) is 4.39. The minimum atomic E-state index is -0.233. The third kappa shape index (κ3) is 4.60. The maximum Gasteiger partial charge on any atom is 0.222 e. The van der Waals surface area contributed by atoms with Gasteiger partial charge in [0.05, 0.1) is 6.54 Å². The molecule has 0 fully saturated rings. The van der Waals surface area contributed by atoms with E-state index in [1.807, 2.05) is 66.6 Å². The maximum atomic E-state index is 13.4. The van der Waals surface area contributed by atoms with E-state index >= 15 is 0 Å². The Bertz CT molecular complexity index is 857. The number of carbonyl (C=O) groups excluding carboxylic acids is 1. The summed E-state index contributed by atoms with van der Waals surface area (Å²) >= 11 is 0. The highest BCUT2D eigenvalue weighted by atomic mass is 19.1. The monoisotopic (exact) mass is 350 g/mol. The van der Waals surface area contributed by atoms with Crippen molar-refractivity contribution in [3.63, 3.8) is 0 Å². The van der Waals surface area contributed by atoms with Crippen LogP contribution in [0.3, 0.4) is 0 Å². The molecule has 134 valence electrons. The molecular weight excluding hydrogens is 327 g/mol. The second-order valence-electron chi connectivity index (χ2n) is 6.35. The van der Waals surface area contributed by atoms with Crippen LogP contribution in [0.5, 0.6) is 0 Å². The largest absolute Gasteiger partial charge is 0.345 e. The summed E-state index contributed by atoms with van der Waals surface area (Å²) in [7, 11) is 0. The number of halogens is 1. The van der Waals surface area contributed by atoms with Crippen LogP contribution in [0.25, 0.3) is 0 Å². The van der Waals surface area contributed by atoms with Crippen molar-refractivity contribution in [3.8, 4) is 0 Å². The zero-order valence-corrected chi connectivity index (χ0v) is 14.9. The van der Waals surface area contributed by atoms with E-state index in [-0.39, 0.29) is 11.7 Å². The van der Waals surface area contributed by atoms with Gasteiger partial charge in [-0.2, -0.15) is 0 Å². The molecule has 0 N–H and O–H groups in total. The third-order valence-corrected chi connectivity index (χ3v) is 4.39. The van der Waals surface area contributed by atoms with Gasteiger partial charge in [-0.1, -0.05) is 49.4 Å². The number of benzene rings is 2. The zero-order valence-electron chi connectivity index (χ0n) is 14.9. The molecule has 1 heterocycles. The summed E-state index contributed by atoms with van der Waals surface area (Å²) in [6.45, 7) is 3.58. The van der Waals surface area contributed by atoms with Crippen LogP contribution in [0.2, 0.25) is 0 Å². The Kier molecular flexibility index (Phi) is 5.84. The van der Waals surface area contributed by atoms with Crippen LogP contribution in [0.15, 0.2) is 72.9 Å². The SMILES string of the molecule is CCC(=O)N(Cc1ccccc1)Cc1cccn1Cc1cccc(F)c1. The van der Waals surface area contributed by atoms with Gasteiger partial charge in [0.15, 0.2) is 0 Å². The molecule has 26 heavy (non-hydrogen) atoms. The molecule has 3 aromatic rings. The van der Waals surface area contributed by atoms with Crippen molar-refractivity contribution in [2.45, 2.75) is 33.0 Å². The summed E-state index contributed by atoms with van der Waals surface area (Å²) in [6, 6.07) is 20.6. The van der Waals surface area contributed by atoms with Crippen LogP contribution in [-0.2, 0) is 24.4 Å². The minimum Gasteiger partial charge on any atom is -0.345 e. The fourth-order valence-corrected chi connectivity index (χ4v) is 3.03. The standard InChI is InChI=1S/C22H23FN2O/c1-2-22(26)25(15-18-8-4-3-5-9-18)17-21-12-7-13-24(21)16-19-10-6-11-20(23)14-19/h3-14H,2,15-17H2,1H3. The van der Waals surface area contributed by atoms with Gasteiger partial charge in [0, 0.05) is 31.4 Å². The van der Waals surface area contributed by atoms with E-state index in [2.05, 4.69) is 4.57 Å². The van der Waals surface area contributed by atoms with Gasteiger partial charge in [0.25, 0.3) is 0 Å². The summed E-state index contributed by atoms with van der Waals surface area (Å²) in [5.74, 6) is -0.115. The molecule has 0 bridgehead atoms. The normalized spacial score (nSPS) is 10.7. The van der Waals surface area contributed by atoms with E-state index in [1.54, 1.807) is 12.1 Å². The lowest BCUT2D eigenvalue weighted by molar-refractivity contribution is -0.132. The molecule has 0 aliphatic rings. The molecule has 0 saturated carbocycles. The maximum absolute atomic E-state index is 13.4. The molecule has 0 atom stereocenters. The van der Waals surface area contributed by atoms with Crippen molar-refractivity contribution in [1.82, 2.24) is 9.47 Å². The summed E-state index contributed by atoms with van der Waals surface area (Å²) in [5.41, 5.74) is 3.04. The number of amides is 1. The lowest BCUT2D eigenvalue weighted by Gasteiger charge is -2.23. The highest BCUT2D eigenvalue weighted by Gasteiger charge is 2.15. The second kappa shape index (κ2) is 8.48. The predicted molar refractivity (Wildman–Crippen MR) is 101 cm³/mol. The highest BCUT2D eigenvalue weighted by Crippen LogP contribution is 2.14. The number of nitrogens with zero attached hydrogens (tertiary/aromatic N) is 2. The van der Waals surface area contributed by atoms with Crippen molar-refractivity contribution in [1.29, 1.82) is 0 Å². The fourth-order valence-electron chi connectivity index (χ4n) is 3.03. The Balaban J connectivity index is 1.77. The van der Waals surface area contributed by atoms with Crippen molar-refractivity contribution < 1.29 is 9.18 Å². The Labute approximate surface area is 153 Å². The lowest BCUT2D eigenvalue weighted by atomic mass is 10.2. The number of carbonyl (C=O) groups is 1. The number of rotatable bonds is 7. The van der Waals surface area contributed by atoms with Gasteiger partial charge >= 0.3 is 0 Å². The molecule has 0 saturated heterocycles. The highest BCUT2D eigenvalue weighted by molar-refractivity contribution is 5.75. The topological polar surface area (TPSA) is 25.2 Å². The average molecular weight is 350 g/mol. The van der Waals surface area contributed by atoms with E-state index in [9.17, 15) is 9.18 Å². The number of hydrogen-bond donors (Lipinski definition) is 0. The first-order chi connectivity index (χ1) is 12.7. The molecule has 0 unspecified atom stereocenters. The summed E-state index contributed by atoms with van der Waals surface area (Å²) < 4.78 is 15.5. The van der Waals surface area contributed by atoms with Gasteiger partial charge in [-0.15, -0.1) is 0 Å². The van der Waals surface area contributed by atoms with E-state index in [4.69, 9.17) is 0 Å². The van der Waals surface area contributed by atoms with Gasteiger partial charge in [0.2, 0.25) is 5.91 Å². The van der Waals surface area contributed by atoms with E-state index in [0.717, 1.165) is 16.8 Å². The number of hydrogen-bond acceptors (Lipinski definition) is 1. The molecule has 1 aromatic heterocycles.